The van der Waals surface area contributed by atoms with Crippen molar-refractivity contribution < 1.29 is 4.79 Å². The van der Waals surface area contributed by atoms with Gasteiger partial charge in [0.2, 0.25) is 0 Å². The van der Waals surface area contributed by atoms with Gasteiger partial charge >= 0.3 is 0 Å². The SMILES string of the molecule is O=C(c1cccc(Cl)c1)N1CCN(Cc2cncn2Cc2ccccc2)CC1. The Morgan fingerprint density at radius 2 is 1.75 bits per heavy atom. The first-order valence-electron chi connectivity index (χ1n) is 9.49. The van der Waals surface area contributed by atoms with Gasteiger partial charge in [-0.25, -0.2) is 4.98 Å². The molecule has 0 N–H and O–H groups in total. The predicted molar refractivity (Wildman–Crippen MR) is 110 cm³/mol. The number of hydrogen-bond acceptors (Lipinski definition) is 3. The Morgan fingerprint density at radius 1 is 0.964 bits per heavy atom. The third kappa shape index (κ3) is 4.43. The van der Waals surface area contributed by atoms with Crippen molar-refractivity contribution in [1.29, 1.82) is 0 Å². The molecule has 4 rings (SSSR count). The zero-order chi connectivity index (χ0) is 19.3. The van der Waals surface area contributed by atoms with E-state index in [2.05, 4.69) is 38.7 Å². The van der Waals surface area contributed by atoms with Gasteiger partial charge in [-0.3, -0.25) is 9.69 Å². The summed E-state index contributed by atoms with van der Waals surface area (Å²) in [5.74, 6) is 0.0521. The van der Waals surface area contributed by atoms with Gasteiger partial charge in [-0.15, -0.1) is 0 Å². The Morgan fingerprint density at radius 3 is 2.50 bits per heavy atom. The number of aromatic nitrogens is 2. The average Bonchev–Trinajstić information content (AvgIpc) is 3.15. The number of rotatable bonds is 5. The number of piperazine rings is 1. The molecule has 1 saturated heterocycles. The fourth-order valence-electron chi connectivity index (χ4n) is 3.54. The maximum absolute atomic E-state index is 12.7. The third-order valence-corrected chi connectivity index (χ3v) is 5.35. The van der Waals surface area contributed by atoms with Crippen LogP contribution in [-0.2, 0) is 13.1 Å². The van der Waals surface area contributed by atoms with Crippen LogP contribution in [0.1, 0.15) is 21.6 Å². The molecule has 28 heavy (non-hydrogen) atoms. The average molecular weight is 395 g/mol. The van der Waals surface area contributed by atoms with Crippen LogP contribution in [0.3, 0.4) is 0 Å². The lowest BCUT2D eigenvalue weighted by Gasteiger charge is -2.34. The number of hydrogen-bond donors (Lipinski definition) is 0. The highest BCUT2D eigenvalue weighted by Crippen LogP contribution is 2.15. The summed E-state index contributed by atoms with van der Waals surface area (Å²) in [5.41, 5.74) is 3.11. The standard InChI is InChI=1S/C22H23ClN4O/c23-20-8-4-7-19(13-20)22(28)26-11-9-25(10-12-26)16-21-14-24-17-27(21)15-18-5-2-1-3-6-18/h1-8,13-14,17H,9-12,15-16H2. The summed E-state index contributed by atoms with van der Waals surface area (Å²) in [5, 5.41) is 0.594. The third-order valence-electron chi connectivity index (χ3n) is 5.11. The molecule has 1 aliphatic rings. The topological polar surface area (TPSA) is 41.4 Å². The minimum absolute atomic E-state index is 0.0521. The molecule has 0 bridgehead atoms. The molecule has 1 fully saturated rings. The van der Waals surface area contributed by atoms with E-state index in [-0.39, 0.29) is 5.91 Å². The molecule has 3 aromatic rings. The molecule has 5 nitrogen and oxygen atoms in total. The molecular formula is C22H23ClN4O. The Hall–Kier alpha value is -2.63. The van der Waals surface area contributed by atoms with Crippen LogP contribution >= 0.6 is 11.6 Å². The van der Waals surface area contributed by atoms with E-state index in [1.165, 1.54) is 11.3 Å². The van der Waals surface area contributed by atoms with Crippen LogP contribution in [0.25, 0.3) is 0 Å². The molecule has 2 heterocycles. The second-order valence-corrected chi connectivity index (χ2v) is 7.51. The predicted octanol–water partition coefficient (Wildman–Crippen LogP) is 3.54. The number of amides is 1. The van der Waals surface area contributed by atoms with Gasteiger partial charge in [0.25, 0.3) is 5.91 Å². The van der Waals surface area contributed by atoms with Gasteiger partial charge < -0.3 is 9.47 Å². The molecular weight excluding hydrogens is 372 g/mol. The van der Waals surface area contributed by atoms with E-state index in [1.807, 2.05) is 35.6 Å². The molecule has 0 radical (unpaired) electrons. The quantitative estimate of drug-likeness (QED) is 0.664. The van der Waals surface area contributed by atoms with Gasteiger partial charge in [-0.1, -0.05) is 48.0 Å². The van der Waals surface area contributed by atoms with Crippen molar-refractivity contribution in [2.75, 3.05) is 26.2 Å². The lowest BCUT2D eigenvalue weighted by Crippen LogP contribution is -2.48. The normalized spacial score (nSPS) is 15.0. The lowest BCUT2D eigenvalue weighted by molar-refractivity contribution is 0.0625. The molecule has 0 aliphatic carbocycles. The van der Waals surface area contributed by atoms with Crippen LogP contribution in [0.2, 0.25) is 5.02 Å². The summed E-state index contributed by atoms with van der Waals surface area (Å²) in [6, 6.07) is 17.6. The monoisotopic (exact) mass is 394 g/mol. The van der Waals surface area contributed by atoms with E-state index < -0.39 is 0 Å². The summed E-state index contributed by atoms with van der Waals surface area (Å²) < 4.78 is 2.19. The van der Waals surface area contributed by atoms with E-state index in [9.17, 15) is 4.79 Å². The summed E-state index contributed by atoms with van der Waals surface area (Å²) in [4.78, 5) is 21.3. The first kappa shape index (κ1) is 18.7. The minimum atomic E-state index is 0.0521. The summed E-state index contributed by atoms with van der Waals surface area (Å²) in [7, 11) is 0. The zero-order valence-corrected chi connectivity index (χ0v) is 16.4. The molecule has 6 heteroatoms. The van der Waals surface area contributed by atoms with E-state index in [1.54, 1.807) is 12.1 Å². The molecule has 144 valence electrons. The van der Waals surface area contributed by atoms with Crippen molar-refractivity contribution in [2.24, 2.45) is 0 Å². The molecule has 2 aromatic carbocycles. The number of imidazole rings is 1. The van der Waals surface area contributed by atoms with Crippen molar-refractivity contribution in [3.63, 3.8) is 0 Å². The van der Waals surface area contributed by atoms with Crippen molar-refractivity contribution in [1.82, 2.24) is 19.4 Å². The molecule has 0 saturated carbocycles. The Bertz CT molecular complexity index is 932. The van der Waals surface area contributed by atoms with Gasteiger partial charge in [-0.2, -0.15) is 0 Å². The second kappa shape index (κ2) is 8.59. The van der Waals surface area contributed by atoms with Crippen molar-refractivity contribution in [3.8, 4) is 0 Å². The van der Waals surface area contributed by atoms with Crippen LogP contribution in [0.5, 0.6) is 0 Å². The minimum Gasteiger partial charge on any atom is -0.336 e. The van der Waals surface area contributed by atoms with Crippen LogP contribution in [-0.4, -0.2) is 51.4 Å². The Kier molecular flexibility index (Phi) is 5.74. The van der Waals surface area contributed by atoms with Gasteiger partial charge in [0.1, 0.15) is 0 Å². The van der Waals surface area contributed by atoms with Crippen LogP contribution in [0.15, 0.2) is 67.1 Å². The molecule has 0 unspecified atom stereocenters. The zero-order valence-electron chi connectivity index (χ0n) is 15.7. The first-order chi connectivity index (χ1) is 13.7. The van der Waals surface area contributed by atoms with Gasteiger partial charge in [0, 0.05) is 56.1 Å². The molecule has 0 atom stereocenters. The molecule has 0 spiro atoms. The fraction of sp³-hybridized carbons (Fsp3) is 0.273. The van der Waals surface area contributed by atoms with E-state index in [0.717, 1.165) is 39.3 Å². The number of nitrogens with zero attached hydrogens (tertiary/aromatic N) is 4. The highest BCUT2D eigenvalue weighted by molar-refractivity contribution is 6.30. The van der Waals surface area contributed by atoms with Crippen molar-refractivity contribution in [2.45, 2.75) is 13.1 Å². The highest BCUT2D eigenvalue weighted by Gasteiger charge is 2.23. The van der Waals surface area contributed by atoms with Crippen LogP contribution in [0, 0.1) is 0 Å². The van der Waals surface area contributed by atoms with E-state index in [0.29, 0.717) is 10.6 Å². The molecule has 1 amide bonds. The number of carbonyl (C=O) groups excluding carboxylic acids is 1. The molecule has 1 aromatic heterocycles. The van der Waals surface area contributed by atoms with E-state index >= 15 is 0 Å². The Labute approximate surface area is 170 Å². The maximum atomic E-state index is 12.7. The number of halogens is 1. The maximum Gasteiger partial charge on any atom is 0.253 e. The lowest BCUT2D eigenvalue weighted by atomic mass is 10.2. The fourth-order valence-corrected chi connectivity index (χ4v) is 3.73. The summed E-state index contributed by atoms with van der Waals surface area (Å²) >= 11 is 6.02. The summed E-state index contributed by atoms with van der Waals surface area (Å²) in [6.45, 7) is 4.80. The van der Waals surface area contributed by atoms with Gasteiger partial charge in [0.05, 0.1) is 12.0 Å². The largest absolute Gasteiger partial charge is 0.336 e. The highest BCUT2D eigenvalue weighted by atomic mass is 35.5. The van der Waals surface area contributed by atoms with Gasteiger partial charge in [0.15, 0.2) is 0 Å². The van der Waals surface area contributed by atoms with Crippen LogP contribution in [0.4, 0.5) is 0 Å². The summed E-state index contributed by atoms with van der Waals surface area (Å²) in [6.07, 6.45) is 3.83. The van der Waals surface area contributed by atoms with E-state index in [4.69, 9.17) is 11.6 Å². The Balaban J connectivity index is 1.34. The second-order valence-electron chi connectivity index (χ2n) is 7.08. The number of carbonyl (C=O) groups is 1. The molecule has 1 aliphatic heterocycles. The first-order valence-corrected chi connectivity index (χ1v) is 9.87. The van der Waals surface area contributed by atoms with Crippen molar-refractivity contribution in [3.05, 3.63) is 89.0 Å². The van der Waals surface area contributed by atoms with Gasteiger partial charge in [-0.05, 0) is 23.8 Å². The van der Waals surface area contributed by atoms with Crippen LogP contribution < -0.4 is 0 Å². The van der Waals surface area contributed by atoms with Crippen molar-refractivity contribution >= 4 is 17.5 Å². The smallest absolute Gasteiger partial charge is 0.253 e. The number of benzene rings is 2.